The van der Waals surface area contributed by atoms with Gasteiger partial charge in [-0.25, -0.2) is 8.42 Å². The fourth-order valence-electron chi connectivity index (χ4n) is 5.49. The van der Waals surface area contributed by atoms with Gasteiger partial charge in [-0.15, -0.1) is 0 Å². The maximum Gasteiger partial charge on any atom is 0.190 e. The molecule has 36 heavy (non-hydrogen) atoms. The molecule has 5 rings (SSSR count). The molecule has 0 aliphatic carbocycles. The summed E-state index contributed by atoms with van der Waals surface area (Å²) in [5.41, 5.74) is 2.07. The van der Waals surface area contributed by atoms with E-state index in [2.05, 4.69) is 4.90 Å². The summed E-state index contributed by atoms with van der Waals surface area (Å²) in [4.78, 5) is 2.61. The molecule has 2 aromatic carbocycles. The van der Waals surface area contributed by atoms with Crippen molar-refractivity contribution in [3.63, 3.8) is 0 Å². The van der Waals surface area contributed by atoms with Crippen molar-refractivity contribution in [2.75, 3.05) is 18.8 Å². The topological polar surface area (TPSA) is 74.3 Å². The number of sulfone groups is 1. The van der Waals surface area contributed by atoms with Gasteiger partial charge in [0.25, 0.3) is 0 Å². The minimum Gasteiger partial charge on any atom is -0.368 e. The lowest BCUT2D eigenvalue weighted by atomic mass is 10.0. The first-order valence-electron chi connectivity index (χ1n) is 12.9. The molecule has 3 fully saturated rings. The highest BCUT2D eigenvalue weighted by atomic mass is 32.2. The van der Waals surface area contributed by atoms with Gasteiger partial charge in [0.2, 0.25) is 0 Å². The maximum absolute atomic E-state index is 13.6. The number of likely N-dealkylation sites (tertiary alicyclic amines) is 1. The Morgan fingerprint density at radius 3 is 2.39 bits per heavy atom. The molecule has 0 amide bonds. The largest absolute Gasteiger partial charge is 0.368 e. The lowest BCUT2D eigenvalue weighted by Crippen LogP contribution is -2.54. The highest BCUT2D eigenvalue weighted by molar-refractivity contribution is 7.91. The van der Waals surface area contributed by atoms with Crippen LogP contribution in [-0.4, -0.2) is 68.6 Å². The fraction of sp³-hybridized carbons (Fsp3) is 0.571. The van der Waals surface area contributed by atoms with E-state index in [9.17, 15) is 8.42 Å². The fourth-order valence-corrected chi connectivity index (χ4v) is 7.09. The first-order chi connectivity index (χ1) is 17.2. The Kier molecular flexibility index (Phi) is 7.54. The van der Waals surface area contributed by atoms with Crippen LogP contribution in [0.2, 0.25) is 0 Å². The van der Waals surface area contributed by atoms with E-state index in [1.807, 2.05) is 63.2 Å². The second kappa shape index (κ2) is 10.5. The number of fused-ring (bicyclic) bond motifs is 1. The van der Waals surface area contributed by atoms with Crippen molar-refractivity contribution in [3.05, 3.63) is 65.7 Å². The molecule has 7 nitrogen and oxygen atoms in total. The van der Waals surface area contributed by atoms with Gasteiger partial charge in [0.05, 0.1) is 23.3 Å². The van der Waals surface area contributed by atoms with E-state index < -0.39 is 40.2 Å². The van der Waals surface area contributed by atoms with Gasteiger partial charge in [0.15, 0.2) is 21.9 Å². The van der Waals surface area contributed by atoms with E-state index in [-0.39, 0.29) is 11.8 Å². The van der Waals surface area contributed by atoms with E-state index in [0.29, 0.717) is 11.5 Å². The van der Waals surface area contributed by atoms with Gasteiger partial charge in [-0.3, -0.25) is 4.90 Å². The van der Waals surface area contributed by atoms with Gasteiger partial charge in [-0.05, 0) is 64.4 Å². The van der Waals surface area contributed by atoms with Crippen molar-refractivity contribution in [2.45, 2.75) is 88.0 Å². The Balaban J connectivity index is 1.44. The number of benzene rings is 2. The average Bonchev–Trinajstić information content (AvgIpc) is 3.34. The summed E-state index contributed by atoms with van der Waals surface area (Å²) in [6.45, 7) is 7.73. The molecule has 0 saturated carbocycles. The minimum atomic E-state index is -3.56. The molecule has 0 radical (unpaired) electrons. The van der Waals surface area contributed by atoms with Crippen LogP contribution < -0.4 is 0 Å². The highest BCUT2D eigenvalue weighted by Gasteiger charge is 2.58. The lowest BCUT2D eigenvalue weighted by molar-refractivity contribution is -0.225. The van der Waals surface area contributed by atoms with Crippen LogP contribution in [0.4, 0.5) is 0 Å². The van der Waals surface area contributed by atoms with Crippen LogP contribution >= 0.6 is 0 Å². The molecule has 3 heterocycles. The van der Waals surface area contributed by atoms with E-state index in [4.69, 9.17) is 18.9 Å². The maximum atomic E-state index is 13.6. The predicted octanol–water partition coefficient (Wildman–Crippen LogP) is 4.09. The number of hydrogen-bond acceptors (Lipinski definition) is 7. The van der Waals surface area contributed by atoms with Crippen molar-refractivity contribution in [1.82, 2.24) is 4.90 Å². The third kappa shape index (κ3) is 5.69. The molecular weight excluding hydrogens is 478 g/mol. The van der Waals surface area contributed by atoms with Crippen molar-refractivity contribution in [2.24, 2.45) is 0 Å². The normalized spacial score (nSPS) is 29.2. The monoisotopic (exact) mass is 515 g/mol. The lowest BCUT2D eigenvalue weighted by Gasteiger charge is -2.39. The smallest absolute Gasteiger partial charge is 0.190 e. The standard InChI is InChI=1S/C28H37NO6S/c1-20-12-14-22(15-13-20)36(30,31)19-23(29-16-8-5-9-17-29)24-25(32-18-21-10-6-4-7-11-21)26-27(33-24)35-28(2,3)34-26/h4,6-7,10-15,23-27H,5,8-9,16-19H2,1-3H3/t23?,24-,25-,26-,27-/m1/s1. The van der Waals surface area contributed by atoms with Crippen molar-refractivity contribution < 1.29 is 27.4 Å². The van der Waals surface area contributed by atoms with Gasteiger partial charge in [0, 0.05) is 0 Å². The summed E-state index contributed by atoms with van der Waals surface area (Å²) in [6, 6.07) is 16.7. The molecule has 2 aromatic rings. The molecule has 0 bridgehead atoms. The molecule has 0 spiro atoms. The Labute approximate surface area is 214 Å². The second-order valence-electron chi connectivity index (χ2n) is 10.6. The van der Waals surface area contributed by atoms with Crippen LogP contribution in [0.1, 0.15) is 44.2 Å². The van der Waals surface area contributed by atoms with Crippen LogP contribution in [0.25, 0.3) is 0 Å². The molecule has 3 aliphatic heterocycles. The molecule has 0 aromatic heterocycles. The zero-order chi connectivity index (χ0) is 25.3. The Hall–Kier alpha value is -1.81. The summed E-state index contributed by atoms with van der Waals surface area (Å²) in [5.74, 6) is -0.835. The van der Waals surface area contributed by atoms with E-state index >= 15 is 0 Å². The molecule has 3 saturated heterocycles. The van der Waals surface area contributed by atoms with E-state index in [0.717, 1.165) is 43.5 Å². The Bertz CT molecular complexity index is 1110. The van der Waals surface area contributed by atoms with Crippen molar-refractivity contribution in [3.8, 4) is 0 Å². The van der Waals surface area contributed by atoms with E-state index in [1.165, 1.54) is 0 Å². The first kappa shape index (κ1) is 25.8. The number of nitrogens with zero attached hydrogens (tertiary/aromatic N) is 1. The summed E-state index contributed by atoms with van der Waals surface area (Å²) in [6.07, 6.45) is 1.24. The molecule has 3 aliphatic rings. The van der Waals surface area contributed by atoms with Crippen LogP contribution in [0.5, 0.6) is 0 Å². The zero-order valence-electron chi connectivity index (χ0n) is 21.3. The summed E-state index contributed by atoms with van der Waals surface area (Å²) in [5, 5.41) is 0. The molecule has 5 atom stereocenters. The summed E-state index contributed by atoms with van der Waals surface area (Å²) >= 11 is 0. The third-order valence-electron chi connectivity index (χ3n) is 7.32. The van der Waals surface area contributed by atoms with Crippen molar-refractivity contribution in [1.29, 1.82) is 0 Å². The number of rotatable bonds is 8. The van der Waals surface area contributed by atoms with Gasteiger partial charge in [0.1, 0.15) is 18.3 Å². The highest BCUT2D eigenvalue weighted by Crippen LogP contribution is 2.41. The summed E-state index contributed by atoms with van der Waals surface area (Å²) < 4.78 is 52.4. The second-order valence-corrected chi connectivity index (χ2v) is 12.6. The van der Waals surface area contributed by atoms with Gasteiger partial charge in [-0.1, -0.05) is 54.4 Å². The Morgan fingerprint density at radius 1 is 1.00 bits per heavy atom. The van der Waals surface area contributed by atoms with E-state index in [1.54, 1.807) is 12.1 Å². The third-order valence-corrected chi connectivity index (χ3v) is 9.09. The number of aryl methyl sites for hydroxylation is 1. The van der Waals surface area contributed by atoms with Gasteiger partial charge >= 0.3 is 0 Å². The van der Waals surface area contributed by atoms with Crippen LogP contribution in [0, 0.1) is 6.92 Å². The number of ether oxygens (including phenoxy) is 4. The Morgan fingerprint density at radius 2 is 1.69 bits per heavy atom. The van der Waals surface area contributed by atoms with Crippen LogP contribution in [0.3, 0.4) is 0 Å². The average molecular weight is 516 g/mol. The predicted molar refractivity (Wildman–Crippen MR) is 136 cm³/mol. The molecule has 0 N–H and O–H groups in total. The molecule has 196 valence electrons. The van der Waals surface area contributed by atoms with Crippen molar-refractivity contribution >= 4 is 9.84 Å². The number of piperidine rings is 1. The zero-order valence-corrected chi connectivity index (χ0v) is 22.2. The number of hydrogen-bond donors (Lipinski definition) is 0. The summed E-state index contributed by atoms with van der Waals surface area (Å²) in [7, 11) is -3.56. The SMILES string of the molecule is Cc1ccc(S(=O)(=O)CC([C@H]2O[C@@H]3OC(C)(C)O[C@@H]3[C@@H]2OCc2ccccc2)N2CCCCC2)cc1. The van der Waals surface area contributed by atoms with Crippen LogP contribution in [0.15, 0.2) is 59.5 Å². The van der Waals surface area contributed by atoms with Gasteiger partial charge in [-0.2, -0.15) is 0 Å². The molecular formula is C28H37NO6S. The first-order valence-corrected chi connectivity index (χ1v) is 14.6. The molecule has 1 unspecified atom stereocenters. The quantitative estimate of drug-likeness (QED) is 0.524. The van der Waals surface area contributed by atoms with Gasteiger partial charge < -0.3 is 18.9 Å². The van der Waals surface area contributed by atoms with Crippen LogP contribution in [-0.2, 0) is 35.4 Å². The minimum absolute atomic E-state index is 0.0469. The molecule has 8 heteroatoms.